The van der Waals surface area contributed by atoms with E-state index >= 15 is 0 Å². The number of fused-ring (bicyclic) bond motifs is 1. The Bertz CT molecular complexity index is 372. The molecule has 1 nitrogen and oxygen atoms in total. The molecule has 1 aromatic carbocycles. The minimum absolute atomic E-state index is 0.785. The van der Waals surface area contributed by atoms with E-state index in [4.69, 9.17) is 0 Å². The fourth-order valence-corrected chi connectivity index (χ4v) is 3.33. The van der Waals surface area contributed by atoms with Crippen molar-refractivity contribution in [2.45, 2.75) is 64.7 Å². The SMILES string of the molecule is CCCCC(CC)CCC1CCNc2ccccc21. The largest absolute Gasteiger partial charge is 0.385 e. The van der Waals surface area contributed by atoms with Crippen molar-refractivity contribution in [3.8, 4) is 0 Å². The van der Waals surface area contributed by atoms with Crippen LogP contribution in [0.5, 0.6) is 0 Å². The molecule has 106 valence electrons. The van der Waals surface area contributed by atoms with Crippen molar-refractivity contribution in [2.24, 2.45) is 5.92 Å². The lowest BCUT2D eigenvalue weighted by molar-refractivity contribution is 0.386. The third-order valence-corrected chi connectivity index (χ3v) is 4.68. The molecule has 0 aliphatic carbocycles. The normalized spacial score (nSPS) is 19.6. The lowest BCUT2D eigenvalue weighted by Crippen LogP contribution is -2.17. The van der Waals surface area contributed by atoms with Gasteiger partial charge in [-0.3, -0.25) is 0 Å². The standard InChI is InChI=1S/C18H29N/c1-3-5-8-15(4-2)11-12-16-13-14-19-18-10-7-6-9-17(16)18/h6-7,9-10,15-16,19H,3-5,8,11-14H2,1-2H3. The minimum atomic E-state index is 0.785. The van der Waals surface area contributed by atoms with Crippen LogP contribution in [0.4, 0.5) is 5.69 Å². The molecule has 1 aliphatic rings. The highest BCUT2D eigenvalue weighted by molar-refractivity contribution is 5.54. The minimum Gasteiger partial charge on any atom is -0.385 e. The molecule has 1 aliphatic heterocycles. The fraction of sp³-hybridized carbons (Fsp3) is 0.667. The highest BCUT2D eigenvalue weighted by Gasteiger charge is 2.20. The molecule has 19 heavy (non-hydrogen) atoms. The van der Waals surface area contributed by atoms with Crippen LogP contribution < -0.4 is 5.32 Å². The average molecular weight is 259 g/mol. The maximum Gasteiger partial charge on any atom is 0.0375 e. The molecule has 0 saturated carbocycles. The Balaban J connectivity index is 1.89. The summed E-state index contributed by atoms with van der Waals surface area (Å²) in [4.78, 5) is 0. The first-order valence-electron chi connectivity index (χ1n) is 8.18. The number of nitrogens with one attached hydrogen (secondary N) is 1. The molecular formula is C18H29N. The summed E-state index contributed by atoms with van der Waals surface area (Å²) in [5.74, 6) is 1.73. The molecule has 0 bridgehead atoms. The van der Waals surface area contributed by atoms with E-state index in [1.807, 2.05) is 0 Å². The smallest absolute Gasteiger partial charge is 0.0375 e. The molecule has 0 saturated heterocycles. The Kier molecular flexibility index (Phi) is 5.75. The number of unbranched alkanes of at least 4 members (excludes halogenated alkanes) is 1. The van der Waals surface area contributed by atoms with Gasteiger partial charge in [0, 0.05) is 12.2 Å². The summed E-state index contributed by atoms with van der Waals surface area (Å²) in [6.07, 6.45) is 9.62. The second-order valence-electron chi connectivity index (χ2n) is 5.99. The summed E-state index contributed by atoms with van der Waals surface area (Å²) in [5.41, 5.74) is 2.93. The summed E-state index contributed by atoms with van der Waals surface area (Å²) in [7, 11) is 0. The van der Waals surface area contributed by atoms with Gasteiger partial charge in [0.1, 0.15) is 0 Å². The lowest BCUT2D eigenvalue weighted by Gasteiger charge is -2.28. The Morgan fingerprint density at radius 2 is 2.05 bits per heavy atom. The quantitative estimate of drug-likeness (QED) is 0.673. The van der Waals surface area contributed by atoms with Crippen molar-refractivity contribution in [1.29, 1.82) is 0 Å². The predicted molar refractivity (Wildman–Crippen MR) is 84.8 cm³/mol. The summed E-state index contributed by atoms with van der Waals surface area (Å²) in [5, 5.41) is 3.53. The Morgan fingerprint density at radius 1 is 1.21 bits per heavy atom. The summed E-state index contributed by atoms with van der Waals surface area (Å²) in [6.45, 7) is 5.81. The molecule has 2 unspecified atom stereocenters. The maximum absolute atomic E-state index is 3.53. The van der Waals surface area contributed by atoms with Crippen LogP contribution in [0.3, 0.4) is 0 Å². The highest BCUT2D eigenvalue weighted by atomic mass is 14.9. The Hall–Kier alpha value is -0.980. The van der Waals surface area contributed by atoms with Gasteiger partial charge in [0.2, 0.25) is 0 Å². The van der Waals surface area contributed by atoms with E-state index in [0.717, 1.165) is 18.4 Å². The van der Waals surface area contributed by atoms with E-state index in [9.17, 15) is 0 Å². The summed E-state index contributed by atoms with van der Waals surface area (Å²) >= 11 is 0. The number of rotatable bonds is 7. The van der Waals surface area contributed by atoms with Crippen LogP contribution >= 0.6 is 0 Å². The zero-order valence-electron chi connectivity index (χ0n) is 12.6. The number of para-hydroxylation sites is 1. The van der Waals surface area contributed by atoms with Gasteiger partial charge in [-0.05, 0) is 42.7 Å². The molecule has 1 heterocycles. The van der Waals surface area contributed by atoms with Crippen molar-refractivity contribution in [3.63, 3.8) is 0 Å². The van der Waals surface area contributed by atoms with Crippen molar-refractivity contribution < 1.29 is 0 Å². The van der Waals surface area contributed by atoms with Crippen molar-refractivity contribution >= 4 is 5.69 Å². The molecule has 2 atom stereocenters. The van der Waals surface area contributed by atoms with Gasteiger partial charge in [0.25, 0.3) is 0 Å². The van der Waals surface area contributed by atoms with Crippen molar-refractivity contribution in [2.75, 3.05) is 11.9 Å². The van der Waals surface area contributed by atoms with E-state index in [-0.39, 0.29) is 0 Å². The third kappa shape index (κ3) is 3.99. The van der Waals surface area contributed by atoms with Crippen LogP contribution in [0.2, 0.25) is 0 Å². The second kappa shape index (κ2) is 7.57. The average Bonchev–Trinajstić information content (AvgIpc) is 2.47. The van der Waals surface area contributed by atoms with E-state index in [1.165, 1.54) is 50.6 Å². The van der Waals surface area contributed by atoms with Gasteiger partial charge in [0.05, 0.1) is 0 Å². The molecule has 1 aromatic rings. The maximum atomic E-state index is 3.53. The molecular weight excluding hydrogens is 230 g/mol. The van der Waals surface area contributed by atoms with E-state index in [1.54, 1.807) is 5.56 Å². The topological polar surface area (TPSA) is 12.0 Å². The second-order valence-corrected chi connectivity index (χ2v) is 5.99. The van der Waals surface area contributed by atoms with E-state index in [2.05, 4.69) is 43.4 Å². The van der Waals surface area contributed by atoms with Crippen LogP contribution in [0.1, 0.15) is 70.3 Å². The first kappa shape index (κ1) is 14.4. The van der Waals surface area contributed by atoms with Gasteiger partial charge in [0.15, 0.2) is 0 Å². The molecule has 2 rings (SSSR count). The van der Waals surface area contributed by atoms with Crippen molar-refractivity contribution in [3.05, 3.63) is 29.8 Å². The monoisotopic (exact) mass is 259 g/mol. The summed E-state index contributed by atoms with van der Waals surface area (Å²) in [6, 6.07) is 8.88. The van der Waals surface area contributed by atoms with Gasteiger partial charge in [-0.15, -0.1) is 0 Å². The molecule has 0 radical (unpaired) electrons. The number of hydrogen-bond donors (Lipinski definition) is 1. The van der Waals surface area contributed by atoms with E-state index < -0.39 is 0 Å². The predicted octanol–water partition coefficient (Wildman–Crippen LogP) is 5.58. The molecule has 1 heteroatoms. The summed E-state index contributed by atoms with van der Waals surface area (Å²) < 4.78 is 0. The van der Waals surface area contributed by atoms with Gasteiger partial charge >= 0.3 is 0 Å². The molecule has 0 fully saturated rings. The number of benzene rings is 1. The zero-order chi connectivity index (χ0) is 13.5. The van der Waals surface area contributed by atoms with E-state index in [0.29, 0.717) is 0 Å². The van der Waals surface area contributed by atoms with Gasteiger partial charge in [-0.25, -0.2) is 0 Å². The Morgan fingerprint density at radius 3 is 2.84 bits per heavy atom. The molecule has 1 N–H and O–H groups in total. The number of hydrogen-bond acceptors (Lipinski definition) is 1. The Labute approximate surface area is 118 Å². The van der Waals surface area contributed by atoms with Crippen LogP contribution in [-0.2, 0) is 0 Å². The first-order valence-corrected chi connectivity index (χ1v) is 8.18. The van der Waals surface area contributed by atoms with Gasteiger partial charge in [-0.1, -0.05) is 57.7 Å². The first-order chi connectivity index (χ1) is 9.35. The van der Waals surface area contributed by atoms with Crippen LogP contribution in [-0.4, -0.2) is 6.54 Å². The van der Waals surface area contributed by atoms with Gasteiger partial charge in [-0.2, -0.15) is 0 Å². The van der Waals surface area contributed by atoms with Gasteiger partial charge < -0.3 is 5.32 Å². The lowest BCUT2D eigenvalue weighted by atomic mass is 9.83. The fourth-order valence-electron chi connectivity index (χ4n) is 3.33. The third-order valence-electron chi connectivity index (χ3n) is 4.68. The number of anilines is 1. The van der Waals surface area contributed by atoms with Crippen LogP contribution in [0, 0.1) is 5.92 Å². The van der Waals surface area contributed by atoms with Crippen LogP contribution in [0.15, 0.2) is 24.3 Å². The molecule has 0 spiro atoms. The highest BCUT2D eigenvalue weighted by Crippen LogP contribution is 2.36. The zero-order valence-corrected chi connectivity index (χ0v) is 12.6. The van der Waals surface area contributed by atoms with Crippen LogP contribution in [0.25, 0.3) is 0 Å². The molecule has 0 amide bonds. The van der Waals surface area contributed by atoms with Crippen molar-refractivity contribution in [1.82, 2.24) is 0 Å². The molecule has 0 aromatic heterocycles.